The molecule has 1 aliphatic rings. The van der Waals surface area contributed by atoms with E-state index in [1.54, 1.807) is 0 Å². The van der Waals surface area contributed by atoms with Crippen LogP contribution in [0.25, 0.3) is 11.2 Å². The van der Waals surface area contributed by atoms with Crippen LogP contribution < -0.4 is 0 Å². The van der Waals surface area contributed by atoms with Gasteiger partial charge in [-0.2, -0.15) is 5.10 Å². The molecule has 0 radical (unpaired) electrons. The maximum Gasteiger partial charge on any atom is 0.159 e. The Morgan fingerprint density at radius 3 is 2.90 bits per heavy atom. The van der Waals surface area contributed by atoms with Crippen LogP contribution in [0.1, 0.15) is 44.2 Å². The SMILES string of the molecule is CCn1nc(C)c2nc(CCl)n(C3CCOC(C)C3)c21. The number of ether oxygens (including phenoxy) is 1. The van der Waals surface area contributed by atoms with Gasteiger partial charge in [-0.15, -0.1) is 11.6 Å². The summed E-state index contributed by atoms with van der Waals surface area (Å²) in [7, 11) is 0. The molecule has 2 aromatic rings. The van der Waals surface area contributed by atoms with Gasteiger partial charge in [-0.25, -0.2) is 9.67 Å². The third kappa shape index (κ3) is 2.13. The second kappa shape index (κ2) is 5.37. The predicted octanol–water partition coefficient (Wildman–Crippen LogP) is 3.04. The van der Waals surface area contributed by atoms with E-state index in [1.165, 1.54) is 0 Å². The van der Waals surface area contributed by atoms with Crippen LogP contribution in [-0.4, -0.2) is 32.0 Å². The van der Waals surface area contributed by atoms with Gasteiger partial charge in [0.25, 0.3) is 0 Å². The molecule has 2 aromatic heterocycles. The van der Waals surface area contributed by atoms with Crippen molar-refractivity contribution < 1.29 is 4.74 Å². The van der Waals surface area contributed by atoms with Crippen LogP contribution in [0.4, 0.5) is 0 Å². The molecule has 1 saturated heterocycles. The largest absolute Gasteiger partial charge is 0.378 e. The van der Waals surface area contributed by atoms with E-state index in [0.29, 0.717) is 11.9 Å². The quantitative estimate of drug-likeness (QED) is 0.818. The fourth-order valence-electron chi connectivity index (χ4n) is 3.14. The third-order valence-electron chi connectivity index (χ3n) is 4.06. The summed E-state index contributed by atoms with van der Waals surface area (Å²) in [6, 6.07) is 0.402. The molecule has 0 saturated carbocycles. The average molecular weight is 297 g/mol. The first kappa shape index (κ1) is 13.9. The van der Waals surface area contributed by atoms with E-state index in [1.807, 2.05) is 11.6 Å². The molecule has 0 aliphatic carbocycles. The average Bonchev–Trinajstić information content (AvgIpc) is 2.96. The van der Waals surface area contributed by atoms with Gasteiger partial charge < -0.3 is 9.30 Å². The van der Waals surface area contributed by atoms with Crippen molar-refractivity contribution in [1.82, 2.24) is 19.3 Å². The van der Waals surface area contributed by atoms with Crippen molar-refractivity contribution in [2.75, 3.05) is 6.61 Å². The minimum Gasteiger partial charge on any atom is -0.378 e. The molecule has 0 spiro atoms. The van der Waals surface area contributed by atoms with Crippen molar-refractivity contribution in [2.24, 2.45) is 0 Å². The number of alkyl halides is 1. The van der Waals surface area contributed by atoms with E-state index in [4.69, 9.17) is 21.3 Å². The molecule has 110 valence electrons. The molecule has 3 heterocycles. The van der Waals surface area contributed by atoms with Gasteiger partial charge in [0.05, 0.1) is 17.7 Å². The van der Waals surface area contributed by atoms with E-state index in [0.717, 1.165) is 48.7 Å². The lowest BCUT2D eigenvalue weighted by atomic mass is 10.0. The van der Waals surface area contributed by atoms with Crippen LogP contribution in [0, 0.1) is 6.92 Å². The summed E-state index contributed by atoms with van der Waals surface area (Å²) in [5, 5.41) is 4.58. The van der Waals surface area contributed by atoms with Gasteiger partial charge in [-0.1, -0.05) is 0 Å². The number of imidazole rings is 1. The first-order valence-electron chi connectivity index (χ1n) is 7.27. The summed E-state index contributed by atoms with van der Waals surface area (Å²) < 4.78 is 10.00. The smallest absolute Gasteiger partial charge is 0.159 e. The van der Waals surface area contributed by atoms with Gasteiger partial charge in [0.15, 0.2) is 5.65 Å². The molecule has 5 nitrogen and oxygen atoms in total. The van der Waals surface area contributed by atoms with E-state index >= 15 is 0 Å². The van der Waals surface area contributed by atoms with Gasteiger partial charge in [-0.3, -0.25) is 0 Å². The highest BCUT2D eigenvalue weighted by Gasteiger charge is 2.27. The number of halogens is 1. The minimum absolute atomic E-state index is 0.286. The van der Waals surface area contributed by atoms with E-state index in [2.05, 4.69) is 23.5 Å². The molecule has 0 N–H and O–H groups in total. The summed E-state index contributed by atoms with van der Waals surface area (Å²) in [6.07, 6.45) is 2.30. The molecule has 1 aliphatic heterocycles. The lowest BCUT2D eigenvalue weighted by Gasteiger charge is -2.29. The molecule has 0 bridgehead atoms. The number of rotatable bonds is 3. The van der Waals surface area contributed by atoms with Gasteiger partial charge in [0.2, 0.25) is 0 Å². The molecular formula is C14H21ClN4O. The Kier molecular flexibility index (Phi) is 3.73. The van der Waals surface area contributed by atoms with Crippen LogP contribution in [-0.2, 0) is 17.2 Å². The Morgan fingerprint density at radius 2 is 2.25 bits per heavy atom. The maximum atomic E-state index is 6.12. The monoisotopic (exact) mass is 296 g/mol. The van der Waals surface area contributed by atoms with Gasteiger partial charge in [0, 0.05) is 19.2 Å². The molecular weight excluding hydrogens is 276 g/mol. The summed E-state index contributed by atoms with van der Waals surface area (Å²) in [5.74, 6) is 1.38. The number of aryl methyl sites for hydroxylation is 2. The Hall–Kier alpha value is -1.07. The van der Waals surface area contributed by atoms with Crippen molar-refractivity contribution in [2.45, 2.75) is 58.2 Å². The Bertz CT molecular complexity index is 618. The van der Waals surface area contributed by atoms with Gasteiger partial charge in [0.1, 0.15) is 11.3 Å². The number of hydrogen-bond acceptors (Lipinski definition) is 3. The fourth-order valence-corrected chi connectivity index (χ4v) is 3.33. The van der Waals surface area contributed by atoms with E-state index < -0.39 is 0 Å². The van der Waals surface area contributed by atoms with Crippen molar-refractivity contribution in [3.05, 3.63) is 11.5 Å². The zero-order chi connectivity index (χ0) is 14.3. The summed E-state index contributed by atoms with van der Waals surface area (Å²) in [5.41, 5.74) is 3.08. The standard InChI is InChI=1S/C14H21ClN4O/c1-4-18-14-13(10(3)17-18)16-12(8-15)19(14)11-5-6-20-9(2)7-11/h9,11H,4-8H2,1-3H3. The summed E-state index contributed by atoms with van der Waals surface area (Å²) >= 11 is 6.12. The molecule has 0 amide bonds. The first-order chi connectivity index (χ1) is 9.65. The van der Waals surface area contributed by atoms with E-state index in [-0.39, 0.29) is 6.10 Å². The lowest BCUT2D eigenvalue weighted by Crippen LogP contribution is -2.27. The van der Waals surface area contributed by atoms with Crippen LogP contribution in [0.15, 0.2) is 0 Å². The normalized spacial score (nSPS) is 23.6. The van der Waals surface area contributed by atoms with Crippen molar-refractivity contribution in [3.8, 4) is 0 Å². The summed E-state index contributed by atoms with van der Waals surface area (Å²) in [6.45, 7) is 7.89. The topological polar surface area (TPSA) is 44.9 Å². The van der Waals surface area contributed by atoms with Crippen LogP contribution in [0.5, 0.6) is 0 Å². The fraction of sp³-hybridized carbons (Fsp3) is 0.714. The van der Waals surface area contributed by atoms with Crippen molar-refractivity contribution >= 4 is 22.8 Å². The van der Waals surface area contributed by atoms with Crippen LogP contribution in [0.2, 0.25) is 0 Å². The zero-order valence-corrected chi connectivity index (χ0v) is 13.0. The second-order valence-corrected chi connectivity index (χ2v) is 5.73. The highest BCUT2D eigenvalue weighted by atomic mass is 35.5. The highest BCUT2D eigenvalue weighted by Crippen LogP contribution is 2.31. The van der Waals surface area contributed by atoms with Crippen LogP contribution >= 0.6 is 11.6 Å². The number of hydrogen-bond donors (Lipinski definition) is 0. The predicted molar refractivity (Wildman–Crippen MR) is 79.2 cm³/mol. The molecule has 3 rings (SSSR count). The number of nitrogens with zero attached hydrogens (tertiary/aromatic N) is 4. The zero-order valence-electron chi connectivity index (χ0n) is 12.3. The van der Waals surface area contributed by atoms with Crippen LogP contribution in [0.3, 0.4) is 0 Å². The minimum atomic E-state index is 0.286. The van der Waals surface area contributed by atoms with Crippen molar-refractivity contribution in [3.63, 3.8) is 0 Å². The molecule has 2 unspecified atom stereocenters. The molecule has 20 heavy (non-hydrogen) atoms. The third-order valence-corrected chi connectivity index (χ3v) is 4.30. The number of aromatic nitrogens is 4. The van der Waals surface area contributed by atoms with Gasteiger partial charge in [-0.05, 0) is 33.6 Å². The Balaban J connectivity index is 2.16. The Morgan fingerprint density at radius 1 is 1.45 bits per heavy atom. The highest BCUT2D eigenvalue weighted by molar-refractivity contribution is 6.16. The molecule has 6 heteroatoms. The van der Waals surface area contributed by atoms with E-state index in [9.17, 15) is 0 Å². The summed E-state index contributed by atoms with van der Waals surface area (Å²) in [4.78, 5) is 4.71. The molecule has 2 atom stereocenters. The molecule has 0 aromatic carbocycles. The Labute approximate surface area is 123 Å². The van der Waals surface area contributed by atoms with Gasteiger partial charge >= 0.3 is 0 Å². The lowest BCUT2D eigenvalue weighted by molar-refractivity contribution is 0.00611. The van der Waals surface area contributed by atoms with Crippen molar-refractivity contribution in [1.29, 1.82) is 0 Å². The first-order valence-corrected chi connectivity index (χ1v) is 7.80. The number of fused-ring (bicyclic) bond motifs is 1. The molecule has 1 fully saturated rings. The second-order valence-electron chi connectivity index (χ2n) is 5.46. The maximum absolute atomic E-state index is 6.12.